The van der Waals surface area contributed by atoms with Crippen molar-refractivity contribution in [1.82, 2.24) is 15.1 Å². The van der Waals surface area contributed by atoms with Gasteiger partial charge in [0.25, 0.3) is 10.0 Å². The summed E-state index contributed by atoms with van der Waals surface area (Å²) in [5.41, 5.74) is 3.29. The number of benzene rings is 2. The van der Waals surface area contributed by atoms with Crippen LogP contribution in [0.3, 0.4) is 0 Å². The molecule has 11 heteroatoms. The molecule has 0 aliphatic heterocycles. The van der Waals surface area contributed by atoms with Crippen LogP contribution in [0.2, 0.25) is 0 Å². The molecule has 188 valence electrons. The molecule has 9 nitrogen and oxygen atoms in total. The minimum absolute atomic E-state index is 0.0596. The molecule has 0 atom stereocenters. The summed E-state index contributed by atoms with van der Waals surface area (Å²) in [6.45, 7) is 1.88. The lowest BCUT2D eigenvalue weighted by molar-refractivity contribution is 0.397. The highest BCUT2D eigenvalue weighted by Crippen LogP contribution is 2.40. The van der Waals surface area contributed by atoms with Crippen molar-refractivity contribution in [2.45, 2.75) is 11.8 Å². The van der Waals surface area contributed by atoms with Gasteiger partial charge in [-0.05, 0) is 59.8 Å². The quantitative estimate of drug-likeness (QED) is 0.311. The van der Waals surface area contributed by atoms with Gasteiger partial charge in [0.2, 0.25) is 5.88 Å². The van der Waals surface area contributed by atoms with Gasteiger partial charge >= 0.3 is 0 Å². The Kier molecular flexibility index (Phi) is 6.22. The van der Waals surface area contributed by atoms with Crippen LogP contribution in [-0.4, -0.2) is 37.8 Å². The van der Waals surface area contributed by atoms with Gasteiger partial charge in [-0.1, -0.05) is 11.2 Å². The first-order valence-corrected chi connectivity index (χ1v) is 12.5. The number of nitrogens with one attached hydrogen (secondary N) is 1. The Bertz CT molecular complexity index is 1720. The number of aromatic nitrogens is 3. The first-order chi connectivity index (χ1) is 17.8. The summed E-state index contributed by atoms with van der Waals surface area (Å²) >= 11 is 0. The average molecular weight is 521 g/mol. The zero-order chi connectivity index (χ0) is 26.2. The second-order valence-corrected chi connectivity index (χ2v) is 9.79. The van der Waals surface area contributed by atoms with Gasteiger partial charge in [-0.25, -0.2) is 17.8 Å². The van der Waals surface area contributed by atoms with Crippen LogP contribution in [-0.2, 0) is 10.0 Å². The van der Waals surface area contributed by atoms with Crippen molar-refractivity contribution in [3.63, 3.8) is 0 Å². The number of hydrogen-bond donors (Lipinski definition) is 1. The van der Waals surface area contributed by atoms with Crippen molar-refractivity contribution >= 4 is 26.6 Å². The number of ether oxygens (including phenoxy) is 2. The second kappa shape index (κ2) is 9.51. The number of aryl methyl sites for hydroxylation is 1. The summed E-state index contributed by atoms with van der Waals surface area (Å²) < 4.78 is 57.7. The maximum atomic E-state index is 14.0. The van der Waals surface area contributed by atoms with E-state index in [9.17, 15) is 12.8 Å². The molecule has 0 aliphatic rings. The van der Waals surface area contributed by atoms with Crippen molar-refractivity contribution in [3.05, 3.63) is 78.6 Å². The van der Waals surface area contributed by atoms with E-state index in [1.807, 2.05) is 13.0 Å². The monoisotopic (exact) mass is 520 g/mol. The zero-order valence-corrected chi connectivity index (χ0v) is 20.8. The maximum Gasteiger partial charge on any atom is 0.263 e. The molecule has 0 amide bonds. The lowest BCUT2D eigenvalue weighted by Gasteiger charge is -2.16. The van der Waals surface area contributed by atoms with Crippen molar-refractivity contribution < 1.29 is 26.8 Å². The van der Waals surface area contributed by atoms with Crippen LogP contribution in [0.25, 0.3) is 33.2 Å². The minimum atomic E-state index is -3.88. The number of nitrogens with zero attached hydrogens (tertiary/aromatic N) is 3. The lowest BCUT2D eigenvalue weighted by Crippen LogP contribution is -2.13. The molecule has 5 rings (SSSR count). The topological polar surface area (TPSA) is 116 Å². The van der Waals surface area contributed by atoms with Gasteiger partial charge in [0, 0.05) is 28.8 Å². The highest BCUT2D eigenvalue weighted by molar-refractivity contribution is 7.92. The molecule has 3 heterocycles. The molecule has 0 saturated carbocycles. The van der Waals surface area contributed by atoms with Crippen molar-refractivity contribution in [3.8, 4) is 34.0 Å². The number of fused-ring (bicyclic) bond motifs is 1. The Morgan fingerprint density at radius 1 is 0.946 bits per heavy atom. The Labute approximate surface area is 211 Å². The molecular formula is C26H21FN4O5S. The summed E-state index contributed by atoms with van der Waals surface area (Å²) in [6, 6.07) is 12.9. The van der Waals surface area contributed by atoms with E-state index in [4.69, 9.17) is 14.0 Å². The fourth-order valence-electron chi connectivity index (χ4n) is 4.11. The molecule has 3 aromatic heterocycles. The van der Waals surface area contributed by atoms with E-state index in [0.29, 0.717) is 33.5 Å². The lowest BCUT2D eigenvalue weighted by atomic mass is 9.95. The summed E-state index contributed by atoms with van der Waals surface area (Å²) in [7, 11) is -0.879. The maximum absolute atomic E-state index is 14.0. The molecule has 0 fully saturated rings. The average Bonchev–Trinajstić information content (AvgIpc) is 3.40. The molecule has 0 aliphatic carbocycles. The van der Waals surface area contributed by atoms with Crippen LogP contribution in [0.15, 0.2) is 76.6 Å². The highest BCUT2D eigenvalue weighted by Gasteiger charge is 2.20. The Hall–Kier alpha value is -4.51. The minimum Gasteiger partial charge on any atom is -0.496 e. The molecule has 0 spiro atoms. The Balaban J connectivity index is 1.61. The largest absolute Gasteiger partial charge is 0.496 e. The number of anilines is 1. The third kappa shape index (κ3) is 4.56. The fraction of sp³-hybridized carbons (Fsp3) is 0.115. The smallest absolute Gasteiger partial charge is 0.263 e. The van der Waals surface area contributed by atoms with Gasteiger partial charge in [0.1, 0.15) is 17.8 Å². The van der Waals surface area contributed by atoms with Gasteiger partial charge in [0.05, 0.1) is 31.0 Å². The van der Waals surface area contributed by atoms with Crippen LogP contribution < -0.4 is 14.2 Å². The van der Waals surface area contributed by atoms with Crippen LogP contribution in [0.1, 0.15) is 5.56 Å². The predicted molar refractivity (Wildman–Crippen MR) is 136 cm³/mol. The standard InChI is InChI=1S/C26H21FN4O5S/c1-15-10-22(23(34-2)13-20(15)21-12-17(27)14-29-26(21)35-3)25-19-5-4-18(11-16(19)6-8-28-25)37(32,33)31-24-7-9-36-30-24/h4-14H,1-3H3,(H,30,31). The van der Waals surface area contributed by atoms with Crippen LogP contribution in [0.5, 0.6) is 11.6 Å². The third-order valence-corrected chi connectivity index (χ3v) is 7.18. The van der Waals surface area contributed by atoms with Gasteiger partial charge < -0.3 is 14.0 Å². The third-order valence-electron chi connectivity index (χ3n) is 5.83. The van der Waals surface area contributed by atoms with E-state index in [0.717, 1.165) is 17.1 Å². The summed E-state index contributed by atoms with van der Waals surface area (Å²) in [6.07, 6.45) is 3.97. The zero-order valence-electron chi connectivity index (χ0n) is 20.0. The predicted octanol–water partition coefficient (Wildman–Crippen LogP) is 5.22. The number of rotatable bonds is 7. The highest BCUT2D eigenvalue weighted by atomic mass is 32.2. The second-order valence-electron chi connectivity index (χ2n) is 8.11. The number of sulfonamides is 1. The van der Waals surface area contributed by atoms with Gasteiger partial charge in [0.15, 0.2) is 5.82 Å². The number of hydrogen-bond acceptors (Lipinski definition) is 8. The van der Waals surface area contributed by atoms with E-state index in [1.165, 1.54) is 38.7 Å². The molecule has 0 unspecified atom stereocenters. The molecular weight excluding hydrogens is 499 g/mol. The van der Waals surface area contributed by atoms with Crippen LogP contribution in [0, 0.1) is 12.7 Å². The van der Waals surface area contributed by atoms with E-state index in [1.54, 1.807) is 30.5 Å². The van der Waals surface area contributed by atoms with E-state index in [-0.39, 0.29) is 16.6 Å². The van der Waals surface area contributed by atoms with Crippen LogP contribution in [0.4, 0.5) is 10.2 Å². The van der Waals surface area contributed by atoms with Gasteiger partial charge in [-0.15, -0.1) is 0 Å². The summed E-state index contributed by atoms with van der Waals surface area (Å²) in [5.74, 6) is 0.380. The van der Waals surface area contributed by atoms with Crippen molar-refractivity contribution in [1.29, 1.82) is 0 Å². The van der Waals surface area contributed by atoms with Crippen molar-refractivity contribution in [2.75, 3.05) is 18.9 Å². The Morgan fingerprint density at radius 2 is 1.78 bits per heavy atom. The normalized spacial score (nSPS) is 11.5. The molecule has 1 N–H and O–H groups in total. The van der Waals surface area contributed by atoms with Crippen molar-refractivity contribution in [2.24, 2.45) is 0 Å². The van der Waals surface area contributed by atoms with Crippen LogP contribution >= 0.6 is 0 Å². The molecule has 0 radical (unpaired) electrons. The first kappa shape index (κ1) is 24.2. The van der Waals surface area contributed by atoms with E-state index in [2.05, 4.69) is 19.8 Å². The number of halogens is 1. The van der Waals surface area contributed by atoms with E-state index < -0.39 is 15.8 Å². The number of methoxy groups -OCH3 is 2. The molecule has 37 heavy (non-hydrogen) atoms. The summed E-state index contributed by atoms with van der Waals surface area (Å²) in [4.78, 5) is 8.65. The Morgan fingerprint density at radius 3 is 2.51 bits per heavy atom. The van der Waals surface area contributed by atoms with Gasteiger partial charge in [-0.3, -0.25) is 9.71 Å². The molecule has 2 aromatic carbocycles. The fourth-order valence-corrected chi connectivity index (χ4v) is 5.14. The molecule has 0 bridgehead atoms. The SMILES string of the molecule is COc1cc(-c2cc(F)cnc2OC)c(C)cc1-c1nccc2cc(S(=O)(=O)Nc3ccon3)ccc12. The first-order valence-electron chi connectivity index (χ1n) is 11.0. The summed E-state index contributed by atoms with van der Waals surface area (Å²) in [5, 5.41) is 4.97. The van der Waals surface area contributed by atoms with E-state index >= 15 is 0 Å². The molecule has 0 saturated heterocycles. The molecule has 5 aromatic rings. The number of pyridine rings is 2. The van der Waals surface area contributed by atoms with Gasteiger partial charge in [-0.2, -0.15) is 0 Å².